The zero-order valence-electron chi connectivity index (χ0n) is 9.87. The smallest absolute Gasteiger partial charge is 0.324 e. The Hall–Kier alpha value is -1.55. The molecule has 2 aromatic rings. The molecule has 2 rings (SSSR count). The summed E-state index contributed by atoms with van der Waals surface area (Å²) in [5.41, 5.74) is 8.37. The van der Waals surface area contributed by atoms with E-state index in [0.717, 1.165) is 16.6 Å². The topological polar surface area (TPSA) is 63.8 Å². The van der Waals surface area contributed by atoms with E-state index < -0.39 is 5.54 Å². The van der Waals surface area contributed by atoms with E-state index in [4.69, 9.17) is 5.73 Å². The number of imidazole rings is 1. The number of nitrogens with two attached hydrogens (primary N) is 1. The average molecular weight is 219 g/mol. The number of benzene rings is 1. The lowest BCUT2D eigenvalue weighted by molar-refractivity contribution is 0.433. The molecule has 0 saturated heterocycles. The van der Waals surface area contributed by atoms with Gasteiger partial charge in [0.15, 0.2) is 0 Å². The first-order chi connectivity index (χ1) is 7.38. The molecule has 0 aliphatic heterocycles. The number of rotatable bonds is 2. The van der Waals surface area contributed by atoms with Crippen molar-refractivity contribution in [2.45, 2.75) is 32.9 Å². The van der Waals surface area contributed by atoms with Gasteiger partial charge >= 0.3 is 5.69 Å². The molecule has 86 valence electrons. The number of nitrogens with one attached hydrogen (secondary N) is 1. The lowest BCUT2D eigenvalue weighted by atomic mass is 10.1. The van der Waals surface area contributed by atoms with Gasteiger partial charge in [-0.05, 0) is 32.4 Å². The summed E-state index contributed by atoms with van der Waals surface area (Å²) >= 11 is 0. The maximum Gasteiger partial charge on any atom is 0.326 e. The minimum atomic E-state index is -0.402. The summed E-state index contributed by atoms with van der Waals surface area (Å²) < 4.78 is 1.71. The lowest BCUT2D eigenvalue weighted by Crippen LogP contribution is -2.39. The van der Waals surface area contributed by atoms with E-state index >= 15 is 0 Å². The zero-order valence-corrected chi connectivity index (χ0v) is 9.87. The van der Waals surface area contributed by atoms with Crippen LogP contribution in [0.4, 0.5) is 0 Å². The van der Waals surface area contributed by atoms with Gasteiger partial charge in [-0.3, -0.25) is 4.57 Å². The van der Waals surface area contributed by atoms with Crippen molar-refractivity contribution in [3.8, 4) is 0 Å². The molecule has 0 aliphatic rings. The summed E-state index contributed by atoms with van der Waals surface area (Å²) in [5, 5.41) is 0. The van der Waals surface area contributed by atoms with Crippen LogP contribution in [0.3, 0.4) is 0 Å². The normalized spacial score (nSPS) is 12.2. The second kappa shape index (κ2) is 3.49. The molecule has 0 saturated carbocycles. The van der Waals surface area contributed by atoms with Crippen molar-refractivity contribution in [1.82, 2.24) is 9.55 Å². The van der Waals surface area contributed by atoms with E-state index in [-0.39, 0.29) is 5.69 Å². The van der Waals surface area contributed by atoms with Gasteiger partial charge in [-0.2, -0.15) is 0 Å². The van der Waals surface area contributed by atoms with E-state index in [1.165, 1.54) is 0 Å². The molecule has 0 aliphatic carbocycles. The number of hydrogen-bond acceptors (Lipinski definition) is 2. The van der Waals surface area contributed by atoms with Crippen molar-refractivity contribution in [3.05, 3.63) is 34.2 Å². The standard InChI is InChI=1S/C12H17N3O/c1-8-5-4-6-9-10(8)15(11(16)14-9)7-12(2,3)13/h4-6H,7,13H2,1-3H3,(H,14,16). The molecule has 0 amide bonds. The molecule has 0 fully saturated rings. The van der Waals surface area contributed by atoms with Crippen LogP contribution in [0.25, 0.3) is 11.0 Å². The van der Waals surface area contributed by atoms with Crippen molar-refractivity contribution in [2.24, 2.45) is 5.73 Å². The summed E-state index contributed by atoms with van der Waals surface area (Å²) in [6, 6.07) is 5.84. The molecule has 0 atom stereocenters. The fraction of sp³-hybridized carbons (Fsp3) is 0.417. The molecule has 1 aromatic carbocycles. The molecule has 4 heteroatoms. The van der Waals surface area contributed by atoms with Gasteiger partial charge in [0.25, 0.3) is 0 Å². The minimum Gasteiger partial charge on any atom is -0.324 e. The summed E-state index contributed by atoms with van der Waals surface area (Å²) in [7, 11) is 0. The predicted molar refractivity (Wildman–Crippen MR) is 65.6 cm³/mol. The van der Waals surface area contributed by atoms with Crippen molar-refractivity contribution in [2.75, 3.05) is 0 Å². The maximum absolute atomic E-state index is 11.8. The van der Waals surface area contributed by atoms with Crippen LogP contribution in [0.1, 0.15) is 19.4 Å². The molecule has 1 heterocycles. The van der Waals surface area contributed by atoms with Crippen LogP contribution in [0.15, 0.2) is 23.0 Å². The molecule has 1 aromatic heterocycles. The molecule has 0 radical (unpaired) electrons. The molecule has 4 nitrogen and oxygen atoms in total. The third-order valence-corrected chi connectivity index (χ3v) is 2.56. The van der Waals surface area contributed by atoms with E-state index in [2.05, 4.69) is 4.98 Å². The quantitative estimate of drug-likeness (QED) is 0.801. The van der Waals surface area contributed by atoms with Crippen LogP contribution in [-0.2, 0) is 6.54 Å². The predicted octanol–water partition coefficient (Wildman–Crippen LogP) is 1.38. The van der Waals surface area contributed by atoms with Gasteiger partial charge in [0.2, 0.25) is 0 Å². The highest BCUT2D eigenvalue weighted by molar-refractivity contribution is 5.78. The van der Waals surface area contributed by atoms with Gasteiger partial charge in [0.1, 0.15) is 0 Å². The molecular formula is C12H17N3O. The van der Waals surface area contributed by atoms with Crippen LogP contribution in [0, 0.1) is 6.92 Å². The second-order valence-electron chi connectivity index (χ2n) is 4.98. The number of nitrogens with zero attached hydrogens (tertiary/aromatic N) is 1. The fourth-order valence-corrected chi connectivity index (χ4v) is 1.96. The van der Waals surface area contributed by atoms with Crippen LogP contribution in [0.2, 0.25) is 0 Å². The van der Waals surface area contributed by atoms with Gasteiger partial charge < -0.3 is 10.7 Å². The Morgan fingerprint density at radius 3 is 2.75 bits per heavy atom. The first kappa shape index (κ1) is 11.0. The van der Waals surface area contributed by atoms with Gasteiger partial charge in [-0.25, -0.2) is 4.79 Å². The van der Waals surface area contributed by atoms with Crippen LogP contribution >= 0.6 is 0 Å². The van der Waals surface area contributed by atoms with E-state index in [1.54, 1.807) is 4.57 Å². The third kappa shape index (κ3) is 1.88. The van der Waals surface area contributed by atoms with Gasteiger partial charge in [-0.1, -0.05) is 12.1 Å². The number of aryl methyl sites for hydroxylation is 1. The molecule has 16 heavy (non-hydrogen) atoms. The summed E-state index contributed by atoms with van der Waals surface area (Å²) in [6.07, 6.45) is 0. The van der Waals surface area contributed by atoms with Crippen LogP contribution < -0.4 is 11.4 Å². The first-order valence-electron chi connectivity index (χ1n) is 5.35. The SMILES string of the molecule is Cc1cccc2[nH]c(=O)n(CC(C)(C)N)c12. The maximum atomic E-state index is 11.8. The van der Waals surface area contributed by atoms with Crippen molar-refractivity contribution in [1.29, 1.82) is 0 Å². The molecule has 0 unspecified atom stereocenters. The van der Waals surface area contributed by atoms with Gasteiger partial charge in [0, 0.05) is 12.1 Å². The van der Waals surface area contributed by atoms with Crippen molar-refractivity contribution >= 4 is 11.0 Å². The summed E-state index contributed by atoms with van der Waals surface area (Å²) in [4.78, 5) is 14.7. The number of fused-ring (bicyclic) bond motifs is 1. The van der Waals surface area contributed by atoms with Gasteiger partial charge in [0.05, 0.1) is 11.0 Å². The van der Waals surface area contributed by atoms with E-state index in [9.17, 15) is 4.79 Å². The minimum absolute atomic E-state index is 0.0946. The Labute approximate surface area is 94.1 Å². The van der Waals surface area contributed by atoms with E-state index in [1.807, 2.05) is 39.0 Å². The molecule has 0 spiro atoms. The second-order valence-corrected chi connectivity index (χ2v) is 4.98. The summed E-state index contributed by atoms with van der Waals surface area (Å²) in [5.74, 6) is 0. The van der Waals surface area contributed by atoms with Crippen LogP contribution in [-0.4, -0.2) is 15.1 Å². The van der Waals surface area contributed by atoms with E-state index in [0.29, 0.717) is 6.54 Å². The monoisotopic (exact) mass is 219 g/mol. The largest absolute Gasteiger partial charge is 0.326 e. The lowest BCUT2D eigenvalue weighted by Gasteiger charge is -2.19. The molecular weight excluding hydrogens is 202 g/mol. The Morgan fingerprint density at radius 1 is 1.44 bits per heavy atom. The number of H-pyrrole nitrogens is 1. The number of hydrogen-bond donors (Lipinski definition) is 2. The highest BCUT2D eigenvalue weighted by atomic mass is 16.1. The Morgan fingerprint density at radius 2 is 2.12 bits per heavy atom. The molecule has 3 N–H and O–H groups in total. The first-order valence-corrected chi connectivity index (χ1v) is 5.35. The third-order valence-electron chi connectivity index (χ3n) is 2.56. The average Bonchev–Trinajstić information content (AvgIpc) is 2.42. The Kier molecular flexibility index (Phi) is 2.39. The Balaban J connectivity index is 2.69. The number of para-hydroxylation sites is 1. The summed E-state index contributed by atoms with van der Waals surface area (Å²) in [6.45, 7) is 6.33. The Bertz CT molecular complexity index is 572. The van der Waals surface area contributed by atoms with Gasteiger partial charge in [-0.15, -0.1) is 0 Å². The van der Waals surface area contributed by atoms with Crippen LogP contribution in [0.5, 0.6) is 0 Å². The molecule has 0 bridgehead atoms. The number of aromatic nitrogens is 2. The van der Waals surface area contributed by atoms with Crippen molar-refractivity contribution < 1.29 is 0 Å². The van der Waals surface area contributed by atoms with Crippen molar-refractivity contribution in [3.63, 3.8) is 0 Å². The number of aromatic amines is 1. The fourth-order valence-electron chi connectivity index (χ4n) is 1.96. The highest BCUT2D eigenvalue weighted by Crippen LogP contribution is 2.16. The zero-order chi connectivity index (χ0) is 11.9. The highest BCUT2D eigenvalue weighted by Gasteiger charge is 2.16.